The van der Waals surface area contributed by atoms with E-state index in [0.717, 1.165) is 24.4 Å². The van der Waals surface area contributed by atoms with Gasteiger partial charge in [-0.25, -0.2) is 0 Å². The molecule has 0 saturated heterocycles. The second-order valence-corrected chi connectivity index (χ2v) is 6.76. The molecule has 0 heterocycles. The van der Waals surface area contributed by atoms with Gasteiger partial charge in [0.25, 0.3) is 0 Å². The molecule has 1 saturated carbocycles. The Labute approximate surface area is 105 Å². The van der Waals surface area contributed by atoms with Crippen molar-refractivity contribution in [3.63, 3.8) is 0 Å². The summed E-state index contributed by atoms with van der Waals surface area (Å²) in [7, 11) is 0. The van der Waals surface area contributed by atoms with E-state index < -0.39 is 0 Å². The fourth-order valence-corrected chi connectivity index (χ4v) is 2.87. The van der Waals surface area contributed by atoms with Crippen LogP contribution in [0.2, 0.25) is 0 Å². The van der Waals surface area contributed by atoms with Crippen LogP contribution in [0.1, 0.15) is 46.5 Å². The van der Waals surface area contributed by atoms with Gasteiger partial charge in [0.05, 0.1) is 12.2 Å². The Morgan fingerprint density at radius 1 is 1.19 bits per heavy atom. The van der Waals surface area contributed by atoms with Crippen molar-refractivity contribution in [3.05, 3.63) is 0 Å². The maximum Gasteiger partial charge on any atom is 0.0599 e. The van der Waals surface area contributed by atoms with Crippen molar-refractivity contribution < 1.29 is 4.74 Å². The molecule has 0 radical (unpaired) electrons. The lowest BCUT2D eigenvalue weighted by Gasteiger charge is -2.28. The summed E-state index contributed by atoms with van der Waals surface area (Å²) in [6, 6.07) is 0.729. The third-order valence-corrected chi connectivity index (χ3v) is 4.22. The Morgan fingerprint density at radius 3 is 2.31 bits per heavy atom. The van der Waals surface area contributed by atoms with Gasteiger partial charge < -0.3 is 10.1 Å². The van der Waals surface area contributed by atoms with Gasteiger partial charge in [-0.1, -0.05) is 0 Å². The summed E-state index contributed by atoms with van der Waals surface area (Å²) in [6.45, 7) is 8.14. The Balaban J connectivity index is 2.02. The Kier molecular flexibility index (Phi) is 6.16. The summed E-state index contributed by atoms with van der Waals surface area (Å²) in [5, 5.41) is 4.51. The van der Waals surface area contributed by atoms with Gasteiger partial charge in [0.15, 0.2) is 0 Å². The lowest BCUT2D eigenvalue weighted by Crippen LogP contribution is -2.37. The van der Waals surface area contributed by atoms with Crippen LogP contribution in [0.3, 0.4) is 0 Å². The molecule has 0 aromatic carbocycles. The van der Waals surface area contributed by atoms with Crippen LogP contribution in [-0.4, -0.2) is 36.3 Å². The molecule has 16 heavy (non-hydrogen) atoms. The topological polar surface area (TPSA) is 21.3 Å². The second kappa shape index (κ2) is 6.87. The average molecular weight is 245 g/mol. The molecule has 3 heteroatoms. The first-order valence-corrected chi connectivity index (χ1v) is 7.70. The zero-order valence-electron chi connectivity index (χ0n) is 11.2. The van der Waals surface area contributed by atoms with E-state index in [1.807, 2.05) is 11.8 Å². The molecule has 0 amide bonds. The van der Waals surface area contributed by atoms with Crippen LogP contribution in [0.15, 0.2) is 0 Å². The normalized spacial score (nSPS) is 27.0. The summed E-state index contributed by atoms with van der Waals surface area (Å²) in [6.07, 6.45) is 7.65. The Morgan fingerprint density at radius 2 is 1.81 bits per heavy atom. The average Bonchev–Trinajstić information content (AvgIpc) is 2.24. The van der Waals surface area contributed by atoms with Gasteiger partial charge in [-0.15, -0.1) is 0 Å². The molecular formula is C13H27NOS. The molecule has 2 nitrogen and oxygen atoms in total. The summed E-state index contributed by atoms with van der Waals surface area (Å²) in [5.41, 5.74) is -0.00179. The van der Waals surface area contributed by atoms with Crippen molar-refractivity contribution in [3.8, 4) is 0 Å². The van der Waals surface area contributed by atoms with Crippen LogP contribution < -0.4 is 5.32 Å². The first kappa shape index (κ1) is 14.3. The van der Waals surface area contributed by atoms with Crippen LogP contribution in [0.25, 0.3) is 0 Å². The molecule has 0 spiro atoms. The predicted octanol–water partition coefficient (Wildman–Crippen LogP) is 3.07. The minimum absolute atomic E-state index is 0.00179. The smallest absolute Gasteiger partial charge is 0.0599 e. The van der Waals surface area contributed by atoms with E-state index in [1.165, 1.54) is 25.7 Å². The summed E-state index contributed by atoms with van der Waals surface area (Å²) < 4.78 is 5.70. The minimum atomic E-state index is -0.00179. The van der Waals surface area contributed by atoms with Crippen molar-refractivity contribution in [2.24, 2.45) is 0 Å². The van der Waals surface area contributed by atoms with Crippen molar-refractivity contribution >= 4 is 11.8 Å². The van der Waals surface area contributed by atoms with E-state index in [4.69, 9.17) is 4.74 Å². The van der Waals surface area contributed by atoms with E-state index in [1.54, 1.807) is 0 Å². The van der Waals surface area contributed by atoms with Crippen LogP contribution >= 0.6 is 11.8 Å². The zero-order valence-corrected chi connectivity index (χ0v) is 12.0. The van der Waals surface area contributed by atoms with E-state index in [9.17, 15) is 0 Å². The number of rotatable bonds is 5. The standard InChI is InChI=1S/C13H27NOS/c1-13(2,3)15-10-9-14-11-5-7-12(16-4)8-6-11/h11-12,14H,5-10H2,1-4H3. The summed E-state index contributed by atoms with van der Waals surface area (Å²) >= 11 is 2.03. The van der Waals surface area contributed by atoms with E-state index in [0.29, 0.717) is 0 Å². The van der Waals surface area contributed by atoms with Gasteiger partial charge in [0.1, 0.15) is 0 Å². The molecule has 0 unspecified atom stereocenters. The lowest BCUT2D eigenvalue weighted by atomic mass is 9.95. The molecule has 1 fully saturated rings. The molecule has 0 aromatic heterocycles. The molecule has 0 aliphatic heterocycles. The Bertz CT molecular complexity index is 183. The maximum atomic E-state index is 5.70. The molecule has 1 aliphatic carbocycles. The van der Waals surface area contributed by atoms with Crippen LogP contribution in [0.5, 0.6) is 0 Å². The highest BCUT2D eigenvalue weighted by Gasteiger charge is 2.19. The zero-order chi connectivity index (χ0) is 12.0. The monoisotopic (exact) mass is 245 g/mol. The van der Waals surface area contributed by atoms with Gasteiger partial charge in [-0.3, -0.25) is 0 Å². The van der Waals surface area contributed by atoms with E-state index in [2.05, 4.69) is 32.3 Å². The summed E-state index contributed by atoms with van der Waals surface area (Å²) in [4.78, 5) is 0. The molecule has 0 atom stereocenters. The Hall–Kier alpha value is 0.270. The van der Waals surface area contributed by atoms with Crippen molar-refractivity contribution in [2.75, 3.05) is 19.4 Å². The molecular weight excluding hydrogens is 218 g/mol. The minimum Gasteiger partial charge on any atom is -0.375 e. The van der Waals surface area contributed by atoms with E-state index in [-0.39, 0.29) is 5.60 Å². The molecule has 96 valence electrons. The largest absolute Gasteiger partial charge is 0.375 e. The van der Waals surface area contributed by atoms with Gasteiger partial charge in [0, 0.05) is 17.8 Å². The number of nitrogens with one attached hydrogen (secondary N) is 1. The molecule has 0 aromatic rings. The van der Waals surface area contributed by atoms with Gasteiger partial charge in [-0.05, 0) is 52.7 Å². The number of hydrogen-bond acceptors (Lipinski definition) is 3. The van der Waals surface area contributed by atoms with Crippen LogP contribution in [0.4, 0.5) is 0 Å². The predicted molar refractivity (Wildman–Crippen MR) is 73.3 cm³/mol. The number of hydrogen-bond donors (Lipinski definition) is 1. The highest BCUT2D eigenvalue weighted by atomic mass is 32.2. The molecule has 1 rings (SSSR count). The summed E-state index contributed by atoms with van der Waals surface area (Å²) in [5.74, 6) is 0. The van der Waals surface area contributed by atoms with Gasteiger partial charge in [0.2, 0.25) is 0 Å². The fraction of sp³-hybridized carbons (Fsp3) is 1.00. The number of thioether (sulfide) groups is 1. The highest BCUT2D eigenvalue weighted by Crippen LogP contribution is 2.26. The van der Waals surface area contributed by atoms with Crippen molar-refractivity contribution in [1.82, 2.24) is 5.32 Å². The van der Waals surface area contributed by atoms with Crippen LogP contribution in [0, 0.1) is 0 Å². The first-order chi connectivity index (χ1) is 7.51. The third-order valence-electron chi connectivity index (χ3n) is 3.08. The van der Waals surface area contributed by atoms with Crippen molar-refractivity contribution in [2.45, 2.75) is 63.3 Å². The fourth-order valence-electron chi connectivity index (χ4n) is 2.12. The molecule has 0 bridgehead atoms. The third kappa shape index (κ3) is 6.12. The first-order valence-electron chi connectivity index (χ1n) is 6.41. The highest BCUT2D eigenvalue weighted by molar-refractivity contribution is 7.99. The van der Waals surface area contributed by atoms with Crippen molar-refractivity contribution in [1.29, 1.82) is 0 Å². The lowest BCUT2D eigenvalue weighted by molar-refractivity contribution is -0.00194. The quantitative estimate of drug-likeness (QED) is 0.752. The molecule has 1 aliphatic rings. The molecule has 1 N–H and O–H groups in total. The van der Waals surface area contributed by atoms with E-state index >= 15 is 0 Å². The second-order valence-electron chi connectivity index (χ2n) is 5.62. The number of ether oxygens (including phenoxy) is 1. The SMILES string of the molecule is CSC1CCC(NCCOC(C)(C)C)CC1. The van der Waals surface area contributed by atoms with Gasteiger partial charge >= 0.3 is 0 Å². The van der Waals surface area contributed by atoms with Crippen LogP contribution in [-0.2, 0) is 4.74 Å². The van der Waals surface area contributed by atoms with Gasteiger partial charge in [-0.2, -0.15) is 11.8 Å². The maximum absolute atomic E-state index is 5.70.